The molecule has 0 saturated heterocycles. The molecule has 1 aromatic carbocycles. The number of rotatable bonds is 3. The number of nitrogens with two attached hydrogens (primary N) is 1. The molecule has 3 rings (SSSR count). The molecule has 2 N–H and O–H groups in total. The van der Waals surface area contributed by atoms with Crippen LogP contribution < -0.4 is 5.73 Å². The van der Waals surface area contributed by atoms with Crippen molar-refractivity contribution in [1.29, 1.82) is 0 Å². The second-order valence-corrected chi connectivity index (χ2v) is 4.88. The summed E-state index contributed by atoms with van der Waals surface area (Å²) in [6, 6.07) is 5.10. The molecule has 0 atom stereocenters. The molecule has 1 aromatic heterocycles. The van der Waals surface area contributed by atoms with Crippen LogP contribution >= 0.6 is 0 Å². The average Bonchev–Trinajstić information content (AvgIpc) is 2.89. The van der Waals surface area contributed by atoms with Gasteiger partial charge in [-0.05, 0) is 11.6 Å². The Kier molecular flexibility index (Phi) is 3.31. The minimum atomic E-state index is -0.161. The van der Waals surface area contributed by atoms with Crippen molar-refractivity contribution < 1.29 is 4.39 Å². The third kappa shape index (κ3) is 2.52. The highest BCUT2D eigenvalue weighted by molar-refractivity contribution is 5.25. The third-order valence-electron chi connectivity index (χ3n) is 3.56. The number of nitrogens with zero attached hydrogens (tertiary/aromatic N) is 3. The monoisotopic (exact) mass is 260 g/mol. The standard InChI is InChI=1S/C14H17FN4/c15-13-2-1-11(8-16)7-12(13)9-18-5-6-19-4-3-17-14(19)10-18/h1-4,7H,5-6,8-10,16H2. The largest absolute Gasteiger partial charge is 0.333 e. The van der Waals surface area contributed by atoms with Crippen molar-refractivity contribution >= 4 is 0 Å². The van der Waals surface area contributed by atoms with Gasteiger partial charge >= 0.3 is 0 Å². The molecule has 2 heterocycles. The molecule has 0 spiro atoms. The number of benzene rings is 1. The van der Waals surface area contributed by atoms with Crippen LogP contribution in [0.4, 0.5) is 4.39 Å². The lowest BCUT2D eigenvalue weighted by Gasteiger charge is -2.27. The van der Waals surface area contributed by atoms with E-state index in [0.29, 0.717) is 18.7 Å². The quantitative estimate of drug-likeness (QED) is 0.909. The van der Waals surface area contributed by atoms with E-state index >= 15 is 0 Å². The van der Waals surface area contributed by atoms with E-state index < -0.39 is 0 Å². The molecule has 19 heavy (non-hydrogen) atoms. The predicted molar refractivity (Wildman–Crippen MR) is 70.6 cm³/mol. The Balaban J connectivity index is 1.76. The molecule has 0 unspecified atom stereocenters. The minimum Gasteiger partial charge on any atom is -0.333 e. The summed E-state index contributed by atoms with van der Waals surface area (Å²) in [6.07, 6.45) is 3.80. The summed E-state index contributed by atoms with van der Waals surface area (Å²) in [6.45, 7) is 3.63. The number of aromatic nitrogens is 2. The number of hydrogen-bond acceptors (Lipinski definition) is 3. The van der Waals surface area contributed by atoms with Crippen LogP contribution in [0, 0.1) is 5.82 Å². The molecule has 2 aromatic rings. The van der Waals surface area contributed by atoms with Gasteiger partial charge in [-0.2, -0.15) is 0 Å². The number of fused-ring (bicyclic) bond motifs is 1. The van der Waals surface area contributed by atoms with Crippen LogP contribution in [0.3, 0.4) is 0 Å². The van der Waals surface area contributed by atoms with Crippen molar-refractivity contribution in [3.63, 3.8) is 0 Å². The Hall–Kier alpha value is -1.72. The predicted octanol–water partition coefficient (Wildman–Crippen LogP) is 1.50. The summed E-state index contributed by atoms with van der Waals surface area (Å²) in [5, 5.41) is 0. The highest BCUT2D eigenvalue weighted by atomic mass is 19.1. The van der Waals surface area contributed by atoms with Gasteiger partial charge in [0.15, 0.2) is 0 Å². The zero-order chi connectivity index (χ0) is 13.2. The fraction of sp³-hybridized carbons (Fsp3) is 0.357. The molecule has 0 bridgehead atoms. The van der Waals surface area contributed by atoms with Gasteiger partial charge in [-0.3, -0.25) is 4.90 Å². The topological polar surface area (TPSA) is 47.1 Å². The Morgan fingerprint density at radius 1 is 1.32 bits per heavy atom. The van der Waals surface area contributed by atoms with E-state index in [9.17, 15) is 4.39 Å². The van der Waals surface area contributed by atoms with E-state index in [1.807, 2.05) is 18.5 Å². The van der Waals surface area contributed by atoms with Crippen LogP contribution in [0.1, 0.15) is 17.0 Å². The zero-order valence-corrected chi connectivity index (χ0v) is 10.7. The fourth-order valence-electron chi connectivity index (χ4n) is 2.48. The van der Waals surface area contributed by atoms with E-state index in [2.05, 4.69) is 14.5 Å². The molecular weight excluding hydrogens is 243 g/mol. The second-order valence-electron chi connectivity index (χ2n) is 4.88. The lowest BCUT2D eigenvalue weighted by atomic mass is 10.1. The smallest absolute Gasteiger partial charge is 0.127 e. The molecule has 0 amide bonds. The van der Waals surface area contributed by atoms with Crippen LogP contribution in [-0.2, 0) is 26.2 Å². The van der Waals surface area contributed by atoms with Gasteiger partial charge in [0.05, 0.1) is 6.54 Å². The molecule has 1 aliphatic heterocycles. The summed E-state index contributed by atoms with van der Waals surface area (Å²) >= 11 is 0. The molecule has 0 radical (unpaired) electrons. The molecule has 0 fully saturated rings. The Morgan fingerprint density at radius 2 is 2.21 bits per heavy atom. The van der Waals surface area contributed by atoms with Crippen molar-refractivity contribution in [2.24, 2.45) is 5.73 Å². The summed E-state index contributed by atoms with van der Waals surface area (Å²) in [5.41, 5.74) is 7.28. The summed E-state index contributed by atoms with van der Waals surface area (Å²) in [5.74, 6) is 0.882. The van der Waals surface area contributed by atoms with Crippen LogP contribution in [-0.4, -0.2) is 21.0 Å². The van der Waals surface area contributed by atoms with Crippen molar-refractivity contribution in [3.05, 3.63) is 53.4 Å². The first-order valence-electron chi connectivity index (χ1n) is 6.46. The third-order valence-corrected chi connectivity index (χ3v) is 3.56. The van der Waals surface area contributed by atoms with E-state index in [4.69, 9.17) is 5.73 Å². The maximum Gasteiger partial charge on any atom is 0.127 e. The van der Waals surface area contributed by atoms with Crippen LogP contribution in [0.15, 0.2) is 30.6 Å². The maximum absolute atomic E-state index is 13.8. The first-order chi connectivity index (χ1) is 9.26. The average molecular weight is 260 g/mol. The van der Waals surface area contributed by atoms with Crippen molar-refractivity contribution in [1.82, 2.24) is 14.5 Å². The van der Waals surface area contributed by atoms with Crippen LogP contribution in [0.25, 0.3) is 0 Å². The SMILES string of the molecule is NCc1ccc(F)c(CN2CCn3ccnc3C2)c1. The summed E-state index contributed by atoms with van der Waals surface area (Å²) in [4.78, 5) is 6.52. The van der Waals surface area contributed by atoms with Gasteiger partial charge in [0, 0.05) is 44.1 Å². The molecule has 100 valence electrons. The zero-order valence-electron chi connectivity index (χ0n) is 10.7. The molecule has 0 saturated carbocycles. The minimum absolute atomic E-state index is 0.161. The van der Waals surface area contributed by atoms with Crippen LogP contribution in [0.2, 0.25) is 0 Å². The van der Waals surface area contributed by atoms with Gasteiger partial charge in [0.1, 0.15) is 11.6 Å². The van der Waals surface area contributed by atoms with Gasteiger partial charge in [0.25, 0.3) is 0 Å². The van der Waals surface area contributed by atoms with E-state index in [-0.39, 0.29) is 5.82 Å². The fourth-order valence-corrected chi connectivity index (χ4v) is 2.48. The lowest BCUT2D eigenvalue weighted by molar-refractivity contribution is 0.206. The summed E-state index contributed by atoms with van der Waals surface area (Å²) < 4.78 is 16.0. The van der Waals surface area contributed by atoms with Crippen molar-refractivity contribution in [2.75, 3.05) is 6.54 Å². The maximum atomic E-state index is 13.8. The first kappa shape index (κ1) is 12.3. The first-order valence-corrected chi connectivity index (χ1v) is 6.46. The van der Waals surface area contributed by atoms with Crippen LogP contribution in [0.5, 0.6) is 0 Å². The highest BCUT2D eigenvalue weighted by Crippen LogP contribution is 2.17. The Labute approximate surface area is 111 Å². The van der Waals surface area contributed by atoms with E-state index in [1.165, 1.54) is 6.07 Å². The number of imidazole rings is 1. The van der Waals surface area contributed by atoms with E-state index in [0.717, 1.165) is 31.0 Å². The normalized spacial score (nSPS) is 15.5. The van der Waals surface area contributed by atoms with Gasteiger partial charge in [-0.15, -0.1) is 0 Å². The molecule has 4 nitrogen and oxygen atoms in total. The van der Waals surface area contributed by atoms with Gasteiger partial charge < -0.3 is 10.3 Å². The number of hydrogen-bond donors (Lipinski definition) is 1. The molecule has 0 aliphatic carbocycles. The van der Waals surface area contributed by atoms with Gasteiger partial charge in [-0.1, -0.05) is 12.1 Å². The summed E-state index contributed by atoms with van der Waals surface area (Å²) in [7, 11) is 0. The van der Waals surface area contributed by atoms with Gasteiger partial charge in [0.2, 0.25) is 0 Å². The highest BCUT2D eigenvalue weighted by Gasteiger charge is 2.17. The van der Waals surface area contributed by atoms with Crippen molar-refractivity contribution in [2.45, 2.75) is 26.2 Å². The number of halogens is 1. The lowest BCUT2D eigenvalue weighted by Crippen LogP contribution is -2.33. The molecular formula is C14H17FN4. The van der Waals surface area contributed by atoms with Crippen molar-refractivity contribution in [3.8, 4) is 0 Å². The molecule has 1 aliphatic rings. The van der Waals surface area contributed by atoms with E-state index in [1.54, 1.807) is 6.07 Å². The Bertz CT molecular complexity index is 579. The Morgan fingerprint density at radius 3 is 3.05 bits per heavy atom. The van der Waals surface area contributed by atoms with Gasteiger partial charge in [-0.25, -0.2) is 9.37 Å². The second kappa shape index (κ2) is 5.11. The molecule has 5 heteroatoms.